The summed E-state index contributed by atoms with van der Waals surface area (Å²) in [5.74, 6) is 1.26. The fraction of sp³-hybridized carbons (Fsp3) is 0.407. The molecule has 1 saturated heterocycles. The number of rotatable bonds is 8. The van der Waals surface area contributed by atoms with Crippen molar-refractivity contribution in [2.45, 2.75) is 45.9 Å². The largest absolute Gasteiger partial charge is 0.373 e. The van der Waals surface area contributed by atoms with Gasteiger partial charge in [-0.3, -0.25) is 4.68 Å². The van der Waals surface area contributed by atoms with Crippen LogP contribution in [-0.2, 0) is 17.8 Å². The van der Waals surface area contributed by atoms with Gasteiger partial charge in [-0.05, 0) is 49.4 Å². The van der Waals surface area contributed by atoms with Crippen LogP contribution in [0.25, 0.3) is 0 Å². The van der Waals surface area contributed by atoms with E-state index >= 15 is 0 Å². The summed E-state index contributed by atoms with van der Waals surface area (Å²) < 4.78 is 8.14. The van der Waals surface area contributed by atoms with Gasteiger partial charge in [0, 0.05) is 38.0 Å². The molecule has 0 radical (unpaired) electrons. The van der Waals surface area contributed by atoms with Crippen LogP contribution >= 0.6 is 24.0 Å². The number of halogens is 1. The number of aliphatic imine (C=N–C) groups is 1. The van der Waals surface area contributed by atoms with Gasteiger partial charge >= 0.3 is 0 Å². The third kappa shape index (κ3) is 7.30. The van der Waals surface area contributed by atoms with E-state index in [2.05, 4.69) is 78.1 Å². The van der Waals surface area contributed by atoms with E-state index in [0.29, 0.717) is 12.5 Å². The summed E-state index contributed by atoms with van der Waals surface area (Å²) >= 11 is 0. The molecule has 7 heteroatoms. The predicted molar refractivity (Wildman–Crippen MR) is 149 cm³/mol. The topological polar surface area (TPSA) is 63.5 Å². The molecular weight excluding hydrogens is 537 g/mol. The van der Waals surface area contributed by atoms with E-state index in [1.807, 2.05) is 23.1 Å². The molecule has 0 amide bonds. The molecule has 1 aliphatic heterocycles. The number of guanidine groups is 1. The van der Waals surface area contributed by atoms with Crippen molar-refractivity contribution in [2.75, 3.05) is 19.7 Å². The molecule has 3 aromatic rings. The fourth-order valence-electron chi connectivity index (χ4n) is 4.35. The summed E-state index contributed by atoms with van der Waals surface area (Å²) in [5.41, 5.74) is 4.99. The Kier molecular flexibility index (Phi) is 10.4. The second-order valence-electron chi connectivity index (χ2n) is 8.65. The van der Waals surface area contributed by atoms with Crippen molar-refractivity contribution in [3.05, 3.63) is 89.2 Å². The minimum Gasteiger partial charge on any atom is -0.373 e. The number of benzene rings is 2. The quantitative estimate of drug-likeness (QED) is 0.224. The molecule has 182 valence electrons. The van der Waals surface area contributed by atoms with Gasteiger partial charge in [-0.25, -0.2) is 4.99 Å². The Balaban J connectivity index is 0.00000324. The lowest BCUT2D eigenvalue weighted by Crippen LogP contribution is -2.42. The minimum absolute atomic E-state index is 0. The first-order chi connectivity index (χ1) is 16.2. The number of hydrogen-bond acceptors (Lipinski definition) is 3. The maximum absolute atomic E-state index is 6.20. The first kappa shape index (κ1) is 26.2. The molecule has 1 fully saturated rings. The van der Waals surface area contributed by atoms with E-state index in [1.165, 1.54) is 22.3 Å². The summed E-state index contributed by atoms with van der Waals surface area (Å²) in [5, 5.41) is 11.3. The predicted octanol–water partition coefficient (Wildman–Crippen LogP) is 5.08. The highest BCUT2D eigenvalue weighted by Gasteiger charge is 2.27. The minimum atomic E-state index is 0. The molecule has 2 heterocycles. The molecule has 2 atom stereocenters. The maximum Gasteiger partial charge on any atom is 0.191 e. The van der Waals surface area contributed by atoms with Crippen molar-refractivity contribution in [3.8, 4) is 0 Å². The molecule has 1 aromatic heterocycles. The Hall–Kier alpha value is -2.39. The summed E-state index contributed by atoms with van der Waals surface area (Å²) in [6, 6.07) is 19.1. The van der Waals surface area contributed by atoms with Crippen molar-refractivity contribution in [1.29, 1.82) is 0 Å². The van der Waals surface area contributed by atoms with Crippen LogP contribution in [0, 0.1) is 12.8 Å². The molecule has 2 unspecified atom stereocenters. The van der Waals surface area contributed by atoms with Crippen LogP contribution in [0.5, 0.6) is 0 Å². The van der Waals surface area contributed by atoms with Gasteiger partial charge in [-0.2, -0.15) is 5.10 Å². The zero-order valence-corrected chi connectivity index (χ0v) is 22.4. The first-order valence-corrected chi connectivity index (χ1v) is 12.0. The second kappa shape index (κ2) is 13.5. The highest BCUT2D eigenvalue weighted by Crippen LogP contribution is 2.33. The average molecular weight is 574 g/mol. The van der Waals surface area contributed by atoms with Gasteiger partial charge < -0.3 is 15.4 Å². The van der Waals surface area contributed by atoms with Crippen LogP contribution in [0.4, 0.5) is 0 Å². The standard InChI is InChI=1S/C27H35N5O.HI/c1-3-28-27(29-18-23-8-4-5-9-25(23)20-32-16-7-15-31-32)30-19-24-10-6-17-33-26(24)22-13-11-21(2)12-14-22;/h4-5,7-9,11-16,24,26H,3,6,10,17-20H2,1-2H3,(H2,28,29,30);1H. The number of aryl methyl sites for hydroxylation is 1. The second-order valence-corrected chi connectivity index (χ2v) is 8.65. The Morgan fingerprint density at radius 1 is 1.09 bits per heavy atom. The summed E-state index contributed by atoms with van der Waals surface area (Å²) in [6.07, 6.45) is 6.18. The van der Waals surface area contributed by atoms with Crippen molar-refractivity contribution in [1.82, 2.24) is 20.4 Å². The van der Waals surface area contributed by atoms with Crippen molar-refractivity contribution in [3.63, 3.8) is 0 Å². The van der Waals surface area contributed by atoms with E-state index in [-0.39, 0.29) is 30.1 Å². The lowest BCUT2D eigenvalue weighted by Gasteiger charge is -2.32. The Bertz CT molecular complexity index is 1020. The van der Waals surface area contributed by atoms with Crippen LogP contribution in [0.2, 0.25) is 0 Å². The summed E-state index contributed by atoms with van der Waals surface area (Å²) in [4.78, 5) is 4.89. The van der Waals surface area contributed by atoms with Crippen LogP contribution in [0.15, 0.2) is 72.0 Å². The van der Waals surface area contributed by atoms with Gasteiger partial charge in [0.2, 0.25) is 0 Å². The third-order valence-corrected chi connectivity index (χ3v) is 6.14. The van der Waals surface area contributed by atoms with Crippen molar-refractivity contribution in [2.24, 2.45) is 10.9 Å². The van der Waals surface area contributed by atoms with Gasteiger partial charge in [-0.1, -0.05) is 54.1 Å². The molecule has 1 aliphatic rings. The molecule has 2 aromatic carbocycles. The van der Waals surface area contributed by atoms with E-state index in [1.54, 1.807) is 0 Å². The Morgan fingerprint density at radius 2 is 1.88 bits per heavy atom. The smallest absolute Gasteiger partial charge is 0.191 e. The van der Waals surface area contributed by atoms with Crippen molar-refractivity contribution < 1.29 is 4.74 Å². The SMILES string of the molecule is CCNC(=NCc1ccccc1Cn1cccn1)NCC1CCCOC1c1ccc(C)cc1.I. The van der Waals surface area contributed by atoms with Crippen LogP contribution < -0.4 is 10.6 Å². The Morgan fingerprint density at radius 3 is 2.62 bits per heavy atom. The third-order valence-electron chi connectivity index (χ3n) is 6.14. The molecule has 0 aliphatic carbocycles. The van der Waals surface area contributed by atoms with Crippen LogP contribution in [0.1, 0.15) is 48.1 Å². The zero-order chi connectivity index (χ0) is 22.9. The van der Waals surface area contributed by atoms with Gasteiger partial charge in [-0.15, -0.1) is 24.0 Å². The molecule has 34 heavy (non-hydrogen) atoms. The van der Waals surface area contributed by atoms with Gasteiger partial charge in [0.1, 0.15) is 0 Å². The molecule has 0 saturated carbocycles. The van der Waals surface area contributed by atoms with Gasteiger partial charge in [0.15, 0.2) is 5.96 Å². The number of ether oxygens (including phenoxy) is 1. The highest BCUT2D eigenvalue weighted by atomic mass is 127. The Labute approximate surface area is 220 Å². The molecule has 6 nitrogen and oxygen atoms in total. The zero-order valence-electron chi connectivity index (χ0n) is 20.1. The lowest BCUT2D eigenvalue weighted by molar-refractivity contribution is -0.0265. The summed E-state index contributed by atoms with van der Waals surface area (Å²) in [6.45, 7) is 8.08. The molecular formula is C27H36IN5O. The van der Waals surface area contributed by atoms with Crippen molar-refractivity contribution >= 4 is 29.9 Å². The number of nitrogens with one attached hydrogen (secondary N) is 2. The normalized spacial score (nSPS) is 18.2. The van der Waals surface area contributed by atoms with E-state index < -0.39 is 0 Å². The number of hydrogen-bond donors (Lipinski definition) is 2. The van der Waals surface area contributed by atoms with E-state index in [9.17, 15) is 0 Å². The maximum atomic E-state index is 6.20. The van der Waals surface area contributed by atoms with Gasteiger partial charge in [0.05, 0.1) is 19.2 Å². The molecule has 0 bridgehead atoms. The lowest BCUT2D eigenvalue weighted by atomic mass is 9.89. The molecule has 2 N–H and O–H groups in total. The van der Waals surface area contributed by atoms with E-state index in [4.69, 9.17) is 9.73 Å². The van der Waals surface area contributed by atoms with Crippen LogP contribution in [-0.4, -0.2) is 35.4 Å². The molecule has 0 spiro atoms. The number of aromatic nitrogens is 2. The monoisotopic (exact) mass is 573 g/mol. The average Bonchev–Trinajstić information content (AvgIpc) is 3.36. The fourth-order valence-corrected chi connectivity index (χ4v) is 4.35. The van der Waals surface area contributed by atoms with E-state index in [0.717, 1.165) is 45.0 Å². The van der Waals surface area contributed by atoms with Crippen LogP contribution in [0.3, 0.4) is 0 Å². The highest BCUT2D eigenvalue weighted by molar-refractivity contribution is 14.0. The van der Waals surface area contributed by atoms with Gasteiger partial charge in [0.25, 0.3) is 0 Å². The summed E-state index contributed by atoms with van der Waals surface area (Å²) in [7, 11) is 0. The first-order valence-electron chi connectivity index (χ1n) is 12.0. The number of nitrogens with zero attached hydrogens (tertiary/aromatic N) is 3. The molecule has 4 rings (SSSR count).